The summed E-state index contributed by atoms with van der Waals surface area (Å²) in [5, 5.41) is 18.5. The van der Waals surface area contributed by atoms with E-state index < -0.39 is 29.7 Å². The highest BCUT2D eigenvalue weighted by Gasteiger charge is 2.34. The first-order valence-electron chi connectivity index (χ1n) is 5.29. The van der Waals surface area contributed by atoms with Crippen molar-refractivity contribution in [3.05, 3.63) is 32.6 Å². The van der Waals surface area contributed by atoms with Crippen LogP contribution >= 0.6 is 0 Å². The molecule has 94 valence electrons. The van der Waals surface area contributed by atoms with Crippen LogP contribution in [0.5, 0.6) is 0 Å². The maximum atomic E-state index is 11.6. The highest BCUT2D eigenvalue weighted by atomic mass is 16.5. The minimum Gasteiger partial charge on any atom is -0.394 e. The number of rotatable bonds is 2. The summed E-state index contributed by atoms with van der Waals surface area (Å²) in [6.45, 7) is 1.26. The van der Waals surface area contributed by atoms with Gasteiger partial charge in [0.15, 0.2) is 0 Å². The van der Waals surface area contributed by atoms with Gasteiger partial charge in [0.25, 0.3) is 5.56 Å². The molecule has 3 atom stereocenters. The van der Waals surface area contributed by atoms with E-state index in [2.05, 4.69) is 4.98 Å². The predicted molar refractivity (Wildman–Crippen MR) is 57.7 cm³/mol. The molecule has 2 heterocycles. The quantitative estimate of drug-likeness (QED) is 0.584. The SMILES string of the molecule is Cc1cn([C@@H]2CC(O)[C@H](CO)O2)c(=O)[nH]c1=O. The van der Waals surface area contributed by atoms with Gasteiger partial charge in [0.1, 0.15) is 12.3 Å². The molecule has 0 bridgehead atoms. The van der Waals surface area contributed by atoms with Crippen molar-refractivity contribution in [1.82, 2.24) is 9.55 Å². The minimum absolute atomic E-state index is 0.205. The lowest BCUT2D eigenvalue weighted by Crippen LogP contribution is -2.33. The van der Waals surface area contributed by atoms with Gasteiger partial charge in [0, 0.05) is 18.2 Å². The molecule has 0 aliphatic carbocycles. The molecule has 1 aliphatic heterocycles. The summed E-state index contributed by atoms with van der Waals surface area (Å²) in [6.07, 6.45) is -0.581. The molecule has 1 unspecified atom stereocenters. The number of nitrogens with zero attached hydrogens (tertiary/aromatic N) is 1. The molecular weight excluding hydrogens is 228 g/mol. The van der Waals surface area contributed by atoms with Gasteiger partial charge in [0.2, 0.25) is 0 Å². The summed E-state index contributed by atoms with van der Waals surface area (Å²) in [5.74, 6) is 0. The van der Waals surface area contributed by atoms with Gasteiger partial charge in [0.05, 0.1) is 12.7 Å². The highest BCUT2D eigenvalue weighted by Crippen LogP contribution is 2.27. The fraction of sp³-hybridized carbons (Fsp3) is 0.600. The smallest absolute Gasteiger partial charge is 0.330 e. The Hall–Kier alpha value is -1.44. The van der Waals surface area contributed by atoms with E-state index in [0.717, 1.165) is 0 Å². The van der Waals surface area contributed by atoms with Crippen LogP contribution in [-0.4, -0.2) is 38.6 Å². The van der Waals surface area contributed by atoms with Crippen LogP contribution in [0.4, 0.5) is 0 Å². The zero-order chi connectivity index (χ0) is 12.6. The number of aryl methyl sites for hydroxylation is 1. The summed E-state index contributed by atoms with van der Waals surface area (Å²) in [7, 11) is 0. The summed E-state index contributed by atoms with van der Waals surface area (Å²) in [4.78, 5) is 24.9. The van der Waals surface area contributed by atoms with E-state index in [4.69, 9.17) is 9.84 Å². The number of nitrogens with one attached hydrogen (secondary N) is 1. The van der Waals surface area contributed by atoms with Gasteiger partial charge in [-0.1, -0.05) is 0 Å². The molecule has 1 aliphatic rings. The minimum atomic E-state index is -0.816. The third-order valence-corrected chi connectivity index (χ3v) is 2.84. The van der Waals surface area contributed by atoms with Crippen molar-refractivity contribution in [1.29, 1.82) is 0 Å². The Balaban J connectivity index is 2.34. The first-order chi connectivity index (χ1) is 8.02. The average Bonchev–Trinajstić information content (AvgIpc) is 2.65. The first-order valence-corrected chi connectivity index (χ1v) is 5.29. The second-order valence-electron chi connectivity index (χ2n) is 4.09. The van der Waals surface area contributed by atoms with Crippen molar-refractivity contribution in [2.45, 2.75) is 31.8 Å². The zero-order valence-electron chi connectivity index (χ0n) is 9.29. The number of aliphatic hydroxyl groups excluding tert-OH is 2. The van der Waals surface area contributed by atoms with Crippen molar-refractivity contribution >= 4 is 0 Å². The molecule has 1 aromatic rings. The maximum Gasteiger partial charge on any atom is 0.330 e. The molecule has 0 amide bonds. The molecule has 0 saturated carbocycles. The maximum absolute atomic E-state index is 11.6. The Bertz CT molecular complexity index is 520. The molecule has 2 rings (SSSR count). The number of hydrogen-bond acceptors (Lipinski definition) is 5. The van der Waals surface area contributed by atoms with Crippen LogP contribution in [0.15, 0.2) is 15.8 Å². The number of aromatic nitrogens is 2. The zero-order valence-corrected chi connectivity index (χ0v) is 9.29. The molecule has 3 N–H and O–H groups in total. The number of aromatic amines is 1. The Morgan fingerprint density at radius 3 is 2.88 bits per heavy atom. The molecule has 1 saturated heterocycles. The van der Waals surface area contributed by atoms with Crippen molar-refractivity contribution < 1.29 is 14.9 Å². The first kappa shape index (κ1) is 12.0. The fourth-order valence-corrected chi connectivity index (χ4v) is 1.85. The van der Waals surface area contributed by atoms with E-state index in [9.17, 15) is 14.7 Å². The summed E-state index contributed by atoms with van der Waals surface area (Å²) >= 11 is 0. The van der Waals surface area contributed by atoms with Crippen LogP contribution in [0.1, 0.15) is 18.2 Å². The van der Waals surface area contributed by atoms with Crippen molar-refractivity contribution in [2.24, 2.45) is 0 Å². The van der Waals surface area contributed by atoms with Gasteiger partial charge in [-0.05, 0) is 6.92 Å². The van der Waals surface area contributed by atoms with Gasteiger partial charge in [-0.25, -0.2) is 4.79 Å². The van der Waals surface area contributed by atoms with Gasteiger partial charge < -0.3 is 14.9 Å². The number of hydrogen-bond donors (Lipinski definition) is 3. The number of H-pyrrole nitrogens is 1. The van der Waals surface area contributed by atoms with Crippen LogP contribution in [0.2, 0.25) is 0 Å². The molecule has 1 aromatic heterocycles. The molecule has 0 spiro atoms. The number of aliphatic hydroxyl groups is 2. The molecule has 17 heavy (non-hydrogen) atoms. The number of ether oxygens (including phenoxy) is 1. The van der Waals surface area contributed by atoms with Crippen LogP contribution in [0, 0.1) is 6.92 Å². The van der Waals surface area contributed by atoms with Crippen LogP contribution < -0.4 is 11.2 Å². The van der Waals surface area contributed by atoms with Crippen LogP contribution in [0.25, 0.3) is 0 Å². The van der Waals surface area contributed by atoms with E-state index in [1.165, 1.54) is 10.8 Å². The molecule has 1 fully saturated rings. The topological polar surface area (TPSA) is 105 Å². The molecule has 0 aromatic carbocycles. The third kappa shape index (κ3) is 2.17. The van der Waals surface area contributed by atoms with E-state index in [0.29, 0.717) is 5.56 Å². The van der Waals surface area contributed by atoms with E-state index in [1.807, 2.05) is 0 Å². The second kappa shape index (κ2) is 4.44. The van der Waals surface area contributed by atoms with Crippen molar-refractivity contribution in [3.63, 3.8) is 0 Å². The van der Waals surface area contributed by atoms with Crippen molar-refractivity contribution in [3.8, 4) is 0 Å². The van der Waals surface area contributed by atoms with Gasteiger partial charge in [-0.3, -0.25) is 14.3 Å². The molecule has 7 heteroatoms. The summed E-state index contributed by atoms with van der Waals surface area (Å²) < 4.78 is 6.54. The molecule has 7 nitrogen and oxygen atoms in total. The van der Waals surface area contributed by atoms with Gasteiger partial charge in [-0.2, -0.15) is 0 Å². The summed E-state index contributed by atoms with van der Waals surface area (Å²) in [6, 6.07) is 0. The lowest BCUT2D eigenvalue weighted by Gasteiger charge is -2.14. The Morgan fingerprint density at radius 2 is 2.29 bits per heavy atom. The molecule has 0 radical (unpaired) electrons. The largest absolute Gasteiger partial charge is 0.394 e. The lowest BCUT2D eigenvalue weighted by atomic mass is 10.2. The summed E-state index contributed by atoms with van der Waals surface area (Å²) in [5.41, 5.74) is -0.643. The second-order valence-corrected chi connectivity index (χ2v) is 4.09. The highest BCUT2D eigenvalue weighted by molar-refractivity contribution is 5.02. The van der Waals surface area contributed by atoms with E-state index in [1.54, 1.807) is 6.92 Å². The Kier molecular flexibility index (Phi) is 3.14. The predicted octanol–water partition coefficient (Wildman–Crippen LogP) is -1.51. The van der Waals surface area contributed by atoms with E-state index in [-0.39, 0.29) is 13.0 Å². The average molecular weight is 242 g/mol. The standard InChI is InChI=1S/C10H14N2O5/c1-5-3-12(10(16)11-9(5)15)8-2-6(14)7(4-13)17-8/h3,6-8,13-14H,2,4H2,1H3,(H,11,15,16)/t6?,7-,8-/m0/s1. The molecular formula is C10H14N2O5. The Labute approximate surface area is 96.3 Å². The van der Waals surface area contributed by atoms with E-state index >= 15 is 0 Å². The van der Waals surface area contributed by atoms with Gasteiger partial charge in [-0.15, -0.1) is 0 Å². The van der Waals surface area contributed by atoms with Crippen LogP contribution in [0.3, 0.4) is 0 Å². The monoisotopic (exact) mass is 242 g/mol. The normalized spacial score (nSPS) is 28.5. The Morgan fingerprint density at radius 1 is 1.59 bits per heavy atom. The fourth-order valence-electron chi connectivity index (χ4n) is 1.85. The van der Waals surface area contributed by atoms with Crippen molar-refractivity contribution in [2.75, 3.05) is 6.61 Å². The third-order valence-electron chi connectivity index (χ3n) is 2.84. The van der Waals surface area contributed by atoms with Gasteiger partial charge >= 0.3 is 5.69 Å². The lowest BCUT2D eigenvalue weighted by molar-refractivity contribution is -0.0459. The van der Waals surface area contributed by atoms with Crippen LogP contribution in [-0.2, 0) is 4.74 Å².